The van der Waals surface area contributed by atoms with E-state index in [-0.39, 0.29) is 0 Å². The number of hydrogen-bond donors (Lipinski definition) is 1. The SMILES string of the molecule is O=S(=O)(Nc1ccc2c(c1)COc1ccccc1O2)N1CCCCC1. The van der Waals surface area contributed by atoms with Crippen LogP contribution in [0.1, 0.15) is 24.8 Å². The predicted octanol–water partition coefficient (Wildman–Crippen LogP) is 3.51. The molecule has 2 aliphatic rings. The molecule has 1 N–H and O–H groups in total. The maximum atomic E-state index is 12.5. The highest BCUT2D eigenvalue weighted by Crippen LogP contribution is 2.38. The van der Waals surface area contributed by atoms with Gasteiger partial charge >= 0.3 is 10.2 Å². The predicted molar refractivity (Wildman–Crippen MR) is 95.3 cm³/mol. The molecule has 2 aliphatic heterocycles. The van der Waals surface area contributed by atoms with E-state index in [1.165, 1.54) is 4.31 Å². The topological polar surface area (TPSA) is 67.9 Å². The third-order valence-electron chi connectivity index (χ3n) is 4.41. The summed E-state index contributed by atoms with van der Waals surface area (Å²) in [5.41, 5.74) is 1.32. The molecule has 0 aliphatic carbocycles. The van der Waals surface area contributed by atoms with Gasteiger partial charge in [0, 0.05) is 18.7 Å². The van der Waals surface area contributed by atoms with E-state index in [4.69, 9.17) is 9.47 Å². The van der Waals surface area contributed by atoms with Gasteiger partial charge in [0.05, 0.1) is 5.69 Å². The average Bonchev–Trinajstić information content (AvgIpc) is 2.81. The quantitative estimate of drug-likeness (QED) is 0.909. The van der Waals surface area contributed by atoms with Gasteiger partial charge in [0.2, 0.25) is 0 Å². The summed E-state index contributed by atoms with van der Waals surface area (Å²) in [6.45, 7) is 1.47. The van der Waals surface area contributed by atoms with Crippen LogP contribution in [0, 0.1) is 0 Å². The minimum atomic E-state index is -3.52. The van der Waals surface area contributed by atoms with Gasteiger partial charge in [-0.05, 0) is 43.2 Å². The van der Waals surface area contributed by atoms with Crippen LogP contribution >= 0.6 is 0 Å². The van der Waals surface area contributed by atoms with Crippen molar-refractivity contribution in [3.8, 4) is 17.2 Å². The van der Waals surface area contributed by atoms with Crippen LogP contribution in [0.25, 0.3) is 0 Å². The summed E-state index contributed by atoms with van der Waals surface area (Å²) in [6.07, 6.45) is 2.90. The number of nitrogens with one attached hydrogen (secondary N) is 1. The molecule has 0 radical (unpaired) electrons. The second-order valence-electron chi connectivity index (χ2n) is 6.23. The van der Waals surface area contributed by atoms with Gasteiger partial charge in [-0.2, -0.15) is 12.7 Å². The molecular weight excluding hydrogens is 340 g/mol. The van der Waals surface area contributed by atoms with E-state index in [0.717, 1.165) is 24.8 Å². The molecule has 4 rings (SSSR count). The Bertz CT molecular complexity index is 876. The van der Waals surface area contributed by atoms with Crippen molar-refractivity contribution >= 4 is 15.9 Å². The number of benzene rings is 2. The lowest BCUT2D eigenvalue weighted by molar-refractivity contribution is 0.307. The number of ether oxygens (including phenoxy) is 2. The van der Waals surface area contributed by atoms with Gasteiger partial charge in [0.1, 0.15) is 12.4 Å². The molecule has 0 aromatic heterocycles. The van der Waals surface area contributed by atoms with E-state index in [1.54, 1.807) is 18.2 Å². The number of para-hydroxylation sites is 2. The Hall–Kier alpha value is -2.25. The molecule has 2 heterocycles. The second kappa shape index (κ2) is 6.57. The van der Waals surface area contributed by atoms with Gasteiger partial charge < -0.3 is 9.47 Å². The first-order chi connectivity index (χ1) is 12.1. The fourth-order valence-corrected chi connectivity index (χ4v) is 4.39. The Balaban J connectivity index is 1.56. The van der Waals surface area contributed by atoms with Crippen molar-refractivity contribution in [1.82, 2.24) is 4.31 Å². The molecule has 1 saturated heterocycles. The highest BCUT2D eigenvalue weighted by atomic mass is 32.2. The second-order valence-corrected chi connectivity index (χ2v) is 7.90. The summed E-state index contributed by atoms with van der Waals surface area (Å²) in [5.74, 6) is 2.00. The van der Waals surface area contributed by atoms with E-state index in [0.29, 0.717) is 42.6 Å². The standard InChI is InChI=1S/C18H20N2O4S/c21-25(22,20-10-4-1-5-11-20)19-15-8-9-16-14(12-15)13-23-17-6-2-3-7-18(17)24-16/h2-3,6-9,12,19H,1,4-5,10-11,13H2. The van der Waals surface area contributed by atoms with Crippen LogP contribution in [0.2, 0.25) is 0 Å². The van der Waals surface area contributed by atoms with Gasteiger partial charge in [-0.3, -0.25) is 4.72 Å². The Morgan fingerprint density at radius 2 is 1.68 bits per heavy atom. The summed E-state index contributed by atoms with van der Waals surface area (Å²) in [6, 6.07) is 12.7. The van der Waals surface area contributed by atoms with Crippen molar-refractivity contribution in [3.05, 3.63) is 48.0 Å². The summed E-state index contributed by atoms with van der Waals surface area (Å²) < 4.78 is 40.9. The van der Waals surface area contributed by atoms with Gasteiger partial charge in [-0.15, -0.1) is 0 Å². The minimum Gasteiger partial charge on any atom is -0.485 e. The molecule has 0 atom stereocenters. The molecule has 7 heteroatoms. The van der Waals surface area contributed by atoms with Crippen LogP contribution in [-0.4, -0.2) is 25.8 Å². The number of nitrogens with zero attached hydrogens (tertiary/aromatic N) is 1. The highest BCUT2D eigenvalue weighted by Gasteiger charge is 2.24. The molecule has 0 amide bonds. The first-order valence-corrected chi connectivity index (χ1v) is 9.86. The molecule has 0 unspecified atom stereocenters. The normalized spacial score (nSPS) is 17.4. The molecule has 2 aromatic carbocycles. The molecule has 6 nitrogen and oxygen atoms in total. The summed E-state index contributed by atoms with van der Waals surface area (Å²) in [4.78, 5) is 0. The molecule has 0 spiro atoms. The van der Waals surface area contributed by atoms with Crippen molar-refractivity contribution in [2.24, 2.45) is 0 Å². The lowest BCUT2D eigenvalue weighted by Crippen LogP contribution is -2.39. The third-order valence-corrected chi connectivity index (χ3v) is 5.95. The lowest BCUT2D eigenvalue weighted by Gasteiger charge is -2.26. The van der Waals surface area contributed by atoms with Crippen LogP contribution in [-0.2, 0) is 16.8 Å². The zero-order chi connectivity index (χ0) is 17.3. The zero-order valence-corrected chi connectivity index (χ0v) is 14.6. The summed E-state index contributed by atoms with van der Waals surface area (Å²) in [7, 11) is -3.52. The molecule has 25 heavy (non-hydrogen) atoms. The largest absolute Gasteiger partial charge is 0.485 e. The maximum Gasteiger partial charge on any atom is 0.301 e. The number of rotatable bonds is 3. The monoisotopic (exact) mass is 360 g/mol. The highest BCUT2D eigenvalue weighted by molar-refractivity contribution is 7.90. The van der Waals surface area contributed by atoms with Gasteiger partial charge in [0.15, 0.2) is 11.5 Å². The van der Waals surface area contributed by atoms with Crippen molar-refractivity contribution in [2.75, 3.05) is 17.8 Å². The molecule has 0 saturated carbocycles. The Morgan fingerprint density at radius 1 is 0.920 bits per heavy atom. The van der Waals surface area contributed by atoms with E-state index >= 15 is 0 Å². The number of hydrogen-bond acceptors (Lipinski definition) is 4. The first kappa shape index (κ1) is 16.2. The Labute approximate surface area is 147 Å². The van der Waals surface area contributed by atoms with Crippen molar-refractivity contribution < 1.29 is 17.9 Å². The van der Waals surface area contributed by atoms with E-state index in [2.05, 4.69) is 4.72 Å². The summed E-state index contributed by atoms with van der Waals surface area (Å²) in [5, 5.41) is 0. The first-order valence-electron chi connectivity index (χ1n) is 8.42. The lowest BCUT2D eigenvalue weighted by atomic mass is 10.2. The summed E-state index contributed by atoms with van der Waals surface area (Å²) >= 11 is 0. The number of anilines is 1. The fraction of sp³-hybridized carbons (Fsp3) is 0.333. The van der Waals surface area contributed by atoms with Crippen molar-refractivity contribution in [3.63, 3.8) is 0 Å². The van der Waals surface area contributed by atoms with Crippen LogP contribution in [0.15, 0.2) is 42.5 Å². The maximum absolute atomic E-state index is 12.5. The molecule has 1 fully saturated rings. The minimum absolute atomic E-state index is 0.325. The van der Waals surface area contributed by atoms with Crippen molar-refractivity contribution in [2.45, 2.75) is 25.9 Å². The Morgan fingerprint density at radius 3 is 2.48 bits per heavy atom. The fourth-order valence-electron chi connectivity index (χ4n) is 3.10. The smallest absolute Gasteiger partial charge is 0.301 e. The molecule has 132 valence electrons. The van der Waals surface area contributed by atoms with E-state index in [9.17, 15) is 8.42 Å². The number of fused-ring (bicyclic) bond motifs is 2. The average molecular weight is 360 g/mol. The molecular formula is C18H20N2O4S. The van der Waals surface area contributed by atoms with Crippen LogP contribution in [0.4, 0.5) is 5.69 Å². The third kappa shape index (κ3) is 3.43. The van der Waals surface area contributed by atoms with E-state index in [1.807, 2.05) is 24.3 Å². The van der Waals surface area contributed by atoms with Crippen LogP contribution in [0.5, 0.6) is 17.2 Å². The van der Waals surface area contributed by atoms with Gasteiger partial charge in [-0.25, -0.2) is 0 Å². The van der Waals surface area contributed by atoms with Gasteiger partial charge in [-0.1, -0.05) is 18.6 Å². The number of piperidine rings is 1. The Kier molecular flexibility index (Phi) is 4.27. The van der Waals surface area contributed by atoms with Gasteiger partial charge in [0.25, 0.3) is 0 Å². The molecule has 2 aromatic rings. The van der Waals surface area contributed by atoms with Crippen molar-refractivity contribution in [1.29, 1.82) is 0 Å². The molecule has 0 bridgehead atoms. The van der Waals surface area contributed by atoms with E-state index < -0.39 is 10.2 Å². The van der Waals surface area contributed by atoms with Crippen LogP contribution < -0.4 is 14.2 Å². The zero-order valence-electron chi connectivity index (χ0n) is 13.8. The van der Waals surface area contributed by atoms with Crippen LogP contribution in [0.3, 0.4) is 0 Å².